The van der Waals surface area contributed by atoms with Crippen molar-refractivity contribution < 1.29 is 32.6 Å². The largest absolute Gasteiger partial charge is 0.507 e. The van der Waals surface area contributed by atoms with Gasteiger partial charge in [-0.3, -0.25) is 14.4 Å². The molecule has 3 heterocycles. The number of para-hydroxylation sites is 1. The van der Waals surface area contributed by atoms with E-state index in [1.54, 1.807) is 31.2 Å². The summed E-state index contributed by atoms with van der Waals surface area (Å²) < 4.78 is 32.7. The molecule has 3 aliphatic rings. The standard InChI is InChI=1S/C28H32N4O7S/c1-4-31-22-8-6-5-7-21(22)28(27(31)36)23(25(34)26(35)32(28)14-13-29(2)3)24(33)19-9-11-20(12-10-19)40(37,38)30-15-17-39-18-16-30/h5-12,33H,4,13-18H2,1-3H3/t28-/m1/s1. The van der Waals surface area contributed by atoms with Gasteiger partial charge in [0.2, 0.25) is 10.0 Å². The van der Waals surface area contributed by atoms with E-state index in [0.29, 0.717) is 37.6 Å². The van der Waals surface area contributed by atoms with Crippen LogP contribution in [0.4, 0.5) is 5.69 Å². The van der Waals surface area contributed by atoms with Crippen molar-refractivity contribution >= 4 is 39.1 Å². The monoisotopic (exact) mass is 568 g/mol. The Bertz CT molecular complexity index is 1500. The van der Waals surface area contributed by atoms with Crippen molar-refractivity contribution in [3.05, 3.63) is 65.2 Å². The van der Waals surface area contributed by atoms with Gasteiger partial charge in [-0.2, -0.15) is 4.31 Å². The minimum absolute atomic E-state index is 0.0199. The molecule has 11 nitrogen and oxygen atoms in total. The first-order chi connectivity index (χ1) is 19.1. The number of aliphatic hydroxyl groups excluding tert-OH is 1. The number of benzene rings is 2. The number of hydrogen-bond acceptors (Lipinski definition) is 8. The minimum atomic E-state index is -3.79. The van der Waals surface area contributed by atoms with Crippen molar-refractivity contribution in [1.29, 1.82) is 0 Å². The van der Waals surface area contributed by atoms with E-state index in [0.717, 1.165) is 0 Å². The summed E-state index contributed by atoms with van der Waals surface area (Å²) in [4.78, 5) is 45.9. The number of likely N-dealkylation sites (tertiary alicyclic amines) is 1. The topological polar surface area (TPSA) is 128 Å². The van der Waals surface area contributed by atoms with Gasteiger partial charge in [0.15, 0.2) is 5.54 Å². The Morgan fingerprint density at radius 3 is 2.30 bits per heavy atom. The first-order valence-electron chi connectivity index (χ1n) is 13.1. The van der Waals surface area contributed by atoms with E-state index in [-0.39, 0.29) is 35.7 Å². The van der Waals surface area contributed by atoms with Crippen LogP contribution in [0.15, 0.2) is 59.0 Å². The SMILES string of the molecule is CCN1C(=O)[C@]2(C(=C(O)c3ccc(S(=O)(=O)N4CCOCC4)cc3)C(=O)C(=O)N2CCN(C)C)c2ccccc21. The zero-order chi connectivity index (χ0) is 28.8. The normalized spacial score (nSPS) is 23.1. The highest BCUT2D eigenvalue weighted by Crippen LogP contribution is 2.53. The van der Waals surface area contributed by atoms with Crippen LogP contribution in [0.25, 0.3) is 5.76 Å². The lowest BCUT2D eigenvalue weighted by Gasteiger charge is -2.35. The van der Waals surface area contributed by atoms with Gasteiger partial charge in [0.25, 0.3) is 17.6 Å². The molecule has 2 aromatic rings. The molecule has 5 rings (SSSR count). The molecule has 1 N–H and O–H groups in total. The number of rotatable bonds is 7. The van der Waals surface area contributed by atoms with E-state index in [1.165, 1.54) is 38.4 Å². The number of hydrogen-bond donors (Lipinski definition) is 1. The first-order valence-corrected chi connectivity index (χ1v) is 14.5. The van der Waals surface area contributed by atoms with E-state index in [9.17, 15) is 27.9 Å². The second-order valence-electron chi connectivity index (χ2n) is 10.1. The van der Waals surface area contributed by atoms with Crippen LogP contribution in [0.1, 0.15) is 18.1 Å². The van der Waals surface area contributed by atoms with Crippen LogP contribution < -0.4 is 4.90 Å². The smallest absolute Gasteiger partial charge is 0.296 e. The molecule has 40 heavy (non-hydrogen) atoms. The van der Waals surface area contributed by atoms with Crippen LogP contribution in [0, 0.1) is 0 Å². The molecule has 12 heteroatoms. The maximum absolute atomic E-state index is 14.2. The highest BCUT2D eigenvalue weighted by molar-refractivity contribution is 7.89. The molecule has 0 radical (unpaired) electrons. The van der Waals surface area contributed by atoms with Crippen LogP contribution in [-0.4, -0.2) is 105 Å². The summed E-state index contributed by atoms with van der Waals surface area (Å²) in [5.41, 5.74) is -1.06. The van der Waals surface area contributed by atoms with Crippen molar-refractivity contribution in [2.24, 2.45) is 0 Å². The Morgan fingerprint density at radius 1 is 1.02 bits per heavy atom. The number of Topliss-reactive ketones (excluding diaryl/α,β-unsaturated/α-hetero) is 1. The van der Waals surface area contributed by atoms with Crippen molar-refractivity contribution in [1.82, 2.24) is 14.1 Å². The number of ketones is 1. The number of morpholine rings is 1. The Kier molecular flexibility index (Phi) is 7.29. The third-order valence-electron chi connectivity index (χ3n) is 7.63. The average Bonchev–Trinajstić information content (AvgIpc) is 3.34. The fraction of sp³-hybridized carbons (Fsp3) is 0.393. The zero-order valence-electron chi connectivity index (χ0n) is 22.7. The molecular weight excluding hydrogens is 536 g/mol. The van der Waals surface area contributed by atoms with Crippen molar-refractivity contribution in [2.75, 3.05) is 64.9 Å². The highest BCUT2D eigenvalue weighted by atomic mass is 32.2. The predicted molar refractivity (Wildman–Crippen MR) is 147 cm³/mol. The van der Waals surface area contributed by atoms with Gasteiger partial charge in [0, 0.05) is 43.9 Å². The fourth-order valence-corrected chi connectivity index (χ4v) is 7.05. The molecule has 0 unspecified atom stereocenters. The van der Waals surface area contributed by atoms with Gasteiger partial charge >= 0.3 is 0 Å². The number of sulfonamides is 1. The Labute approximate surface area is 233 Å². The number of ether oxygens (including phenoxy) is 1. The lowest BCUT2D eigenvalue weighted by Crippen LogP contribution is -2.53. The second-order valence-corrected chi connectivity index (χ2v) is 12.1. The maximum Gasteiger partial charge on any atom is 0.296 e. The Balaban J connectivity index is 1.66. The van der Waals surface area contributed by atoms with Gasteiger partial charge < -0.3 is 24.5 Å². The molecular formula is C28H32N4O7S. The number of anilines is 1. The summed E-state index contributed by atoms with van der Waals surface area (Å²) >= 11 is 0. The van der Waals surface area contributed by atoms with Gasteiger partial charge in [-0.25, -0.2) is 8.42 Å². The molecule has 0 aromatic heterocycles. The van der Waals surface area contributed by atoms with Gasteiger partial charge in [-0.05, 0) is 51.4 Å². The summed E-state index contributed by atoms with van der Waals surface area (Å²) in [6.07, 6.45) is 0. The van der Waals surface area contributed by atoms with Crippen LogP contribution in [0.3, 0.4) is 0 Å². The van der Waals surface area contributed by atoms with Crippen molar-refractivity contribution in [2.45, 2.75) is 17.4 Å². The number of fused-ring (bicyclic) bond motifs is 2. The highest BCUT2D eigenvalue weighted by Gasteiger charge is 2.66. The number of likely N-dealkylation sites (N-methyl/N-ethyl adjacent to an activating group) is 2. The van der Waals surface area contributed by atoms with E-state index in [2.05, 4.69) is 0 Å². The van der Waals surface area contributed by atoms with E-state index in [1.807, 2.05) is 19.0 Å². The number of carbonyl (C=O) groups is 3. The summed E-state index contributed by atoms with van der Waals surface area (Å²) in [5, 5.41) is 11.6. The molecule has 0 bridgehead atoms. The van der Waals surface area contributed by atoms with Gasteiger partial charge in [0.05, 0.1) is 29.4 Å². The molecule has 2 amide bonds. The molecule has 0 saturated carbocycles. The van der Waals surface area contributed by atoms with Crippen LogP contribution in [0.5, 0.6) is 0 Å². The molecule has 2 aromatic carbocycles. The summed E-state index contributed by atoms with van der Waals surface area (Å²) in [5.74, 6) is -2.89. The molecule has 3 aliphatic heterocycles. The van der Waals surface area contributed by atoms with Crippen molar-refractivity contribution in [3.8, 4) is 0 Å². The molecule has 1 spiro atoms. The molecule has 2 fully saturated rings. The van der Waals surface area contributed by atoms with E-state index < -0.39 is 38.9 Å². The first kappa shape index (κ1) is 28.0. The zero-order valence-corrected chi connectivity index (χ0v) is 23.5. The molecule has 0 aliphatic carbocycles. The van der Waals surface area contributed by atoms with Crippen molar-refractivity contribution in [3.63, 3.8) is 0 Å². The maximum atomic E-state index is 14.2. The Morgan fingerprint density at radius 2 is 1.68 bits per heavy atom. The lowest BCUT2D eigenvalue weighted by molar-refractivity contribution is -0.143. The van der Waals surface area contributed by atoms with Gasteiger partial charge in [-0.1, -0.05) is 18.2 Å². The summed E-state index contributed by atoms with van der Waals surface area (Å²) in [6, 6.07) is 12.4. The molecule has 2 saturated heterocycles. The van der Waals surface area contributed by atoms with Crippen LogP contribution in [-0.2, 0) is 34.7 Å². The Hall–Kier alpha value is -3.58. The predicted octanol–water partition coefficient (Wildman–Crippen LogP) is 1.21. The summed E-state index contributed by atoms with van der Waals surface area (Å²) in [6.45, 7) is 3.62. The number of carbonyl (C=O) groups excluding carboxylic acids is 3. The number of aliphatic hydroxyl groups is 1. The van der Waals surface area contributed by atoms with Gasteiger partial charge in [-0.15, -0.1) is 0 Å². The molecule has 1 atom stereocenters. The average molecular weight is 569 g/mol. The minimum Gasteiger partial charge on any atom is -0.507 e. The van der Waals surface area contributed by atoms with E-state index in [4.69, 9.17) is 4.74 Å². The summed E-state index contributed by atoms with van der Waals surface area (Å²) in [7, 11) is -0.152. The quantitative estimate of drug-likeness (QED) is 0.300. The third-order valence-corrected chi connectivity index (χ3v) is 9.54. The second kappa shape index (κ2) is 10.4. The van der Waals surface area contributed by atoms with Crippen LogP contribution in [0.2, 0.25) is 0 Å². The number of amides is 2. The van der Waals surface area contributed by atoms with Crippen LogP contribution >= 0.6 is 0 Å². The van der Waals surface area contributed by atoms with Gasteiger partial charge in [0.1, 0.15) is 5.76 Å². The lowest BCUT2D eigenvalue weighted by atomic mass is 9.82. The fourth-order valence-electron chi connectivity index (χ4n) is 5.65. The molecule has 212 valence electrons. The number of nitrogens with zero attached hydrogens (tertiary/aromatic N) is 4. The van der Waals surface area contributed by atoms with E-state index >= 15 is 0 Å². The third kappa shape index (κ3) is 4.14.